The molecule has 1 aliphatic rings. The number of nitrogens with one attached hydrogen (secondary N) is 1. The summed E-state index contributed by atoms with van der Waals surface area (Å²) in [5, 5.41) is 2.80. The van der Waals surface area contributed by atoms with Crippen LogP contribution in [0, 0.1) is 6.92 Å². The maximum atomic E-state index is 12.8. The largest absolute Gasteiger partial charge is 0.486 e. The molecule has 8 heteroatoms. The smallest absolute Gasteiger partial charge is 0.255 e. The van der Waals surface area contributed by atoms with E-state index in [-0.39, 0.29) is 10.8 Å². The molecule has 1 heterocycles. The molecule has 2 aromatic rings. The number of rotatable bonds is 6. The Kier molecular flexibility index (Phi) is 5.90. The van der Waals surface area contributed by atoms with Gasteiger partial charge in [-0.25, -0.2) is 8.42 Å². The van der Waals surface area contributed by atoms with Crippen LogP contribution in [0.5, 0.6) is 11.5 Å². The van der Waals surface area contributed by atoms with Crippen molar-refractivity contribution in [1.29, 1.82) is 0 Å². The van der Waals surface area contributed by atoms with Gasteiger partial charge in [0.05, 0.1) is 4.90 Å². The standard InChI is InChI=1S/C20H24N2O5S/c1-4-22(5-2)28(24,25)16-8-6-14(3)17(13-16)20(23)21-15-7-9-18-19(12-15)27-11-10-26-18/h6-9,12-13H,4-5,10-11H2,1-3H3,(H,21,23). The van der Waals surface area contributed by atoms with Crippen LogP contribution in [0.2, 0.25) is 0 Å². The second kappa shape index (κ2) is 8.20. The molecule has 1 aliphatic heterocycles. The Bertz CT molecular complexity index is 984. The average molecular weight is 404 g/mol. The van der Waals surface area contributed by atoms with Gasteiger partial charge in [0.1, 0.15) is 13.2 Å². The van der Waals surface area contributed by atoms with Gasteiger partial charge in [0.25, 0.3) is 5.91 Å². The van der Waals surface area contributed by atoms with Crippen molar-refractivity contribution in [1.82, 2.24) is 4.31 Å². The number of fused-ring (bicyclic) bond motifs is 1. The molecule has 0 radical (unpaired) electrons. The van der Waals surface area contributed by atoms with Crippen molar-refractivity contribution >= 4 is 21.6 Å². The number of amides is 1. The van der Waals surface area contributed by atoms with Crippen LogP contribution in [0.4, 0.5) is 5.69 Å². The summed E-state index contributed by atoms with van der Waals surface area (Å²) in [6.45, 7) is 7.01. The molecular weight excluding hydrogens is 380 g/mol. The monoisotopic (exact) mass is 404 g/mol. The van der Waals surface area contributed by atoms with E-state index in [9.17, 15) is 13.2 Å². The maximum absolute atomic E-state index is 12.8. The number of carbonyl (C=O) groups is 1. The van der Waals surface area contributed by atoms with Gasteiger partial charge in [0.2, 0.25) is 10.0 Å². The van der Waals surface area contributed by atoms with E-state index in [4.69, 9.17) is 9.47 Å². The van der Waals surface area contributed by atoms with E-state index in [0.29, 0.717) is 54.6 Å². The number of carbonyl (C=O) groups excluding carboxylic acids is 1. The third-order valence-corrected chi connectivity index (χ3v) is 6.64. The summed E-state index contributed by atoms with van der Waals surface area (Å²) in [4.78, 5) is 12.9. The number of hydrogen-bond donors (Lipinski definition) is 1. The third-order valence-electron chi connectivity index (χ3n) is 4.60. The molecule has 0 saturated carbocycles. The van der Waals surface area contributed by atoms with Crippen molar-refractivity contribution in [3.8, 4) is 11.5 Å². The third kappa shape index (κ3) is 3.98. The van der Waals surface area contributed by atoms with Crippen LogP contribution in [-0.2, 0) is 10.0 Å². The highest BCUT2D eigenvalue weighted by Gasteiger charge is 2.23. The molecule has 0 fully saturated rings. The minimum atomic E-state index is -3.64. The van der Waals surface area contributed by atoms with E-state index in [1.54, 1.807) is 45.0 Å². The molecule has 7 nitrogen and oxygen atoms in total. The highest BCUT2D eigenvalue weighted by molar-refractivity contribution is 7.89. The Morgan fingerprint density at radius 3 is 2.39 bits per heavy atom. The molecule has 2 aromatic carbocycles. The molecule has 0 aliphatic carbocycles. The van der Waals surface area contributed by atoms with Gasteiger partial charge in [-0.2, -0.15) is 4.31 Å². The van der Waals surface area contributed by atoms with Crippen LogP contribution in [0.25, 0.3) is 0 Å². The molecule has 3 rings (SSSR count). The number of sulfonamides is 1. The second-order valence-corrected chi connectivity index (χ2v) is 8.32. The number of benzene rings is 2. The van der Waals surface area contributed by atoms with E-state index in [1.165, 1.54) is 16.4 Å². The van der Waals surface area contributed by atoms with Crippen molar-refractivity contribution in [2.45, 2.75) is 25.7 Å². The zero-order valence-electron chi connectivity index (χ0n) is 16.2. The Hall–Kier alpha value is -2.58. The normalized spacial score (nSPS) is 13.4. The van der Waals surface area contributed by atoms with Crippen molar-refractivity contribution in [3.05, 3.63) is 47.5 Å². The van der Waals surface area contributed by atoms with Crippen LogP contribution >= 0.6 is 0 Å². The van der Waals surface area contributed by atoms with Gasteiger partial charge in [0, 0.05) is 30.4 Å². The summed E-state index contributed by atoms with van der Waals surface area (Å²) >= 11 is 0. The lowest BCUT2D eigenvalue weighted by atomic mass is 10.1. The number of hydrogen-bond acceptors (Lipinski definition) is 5. The Labute approximate surface area is 165 Å². The van der Waals surface area contributed by atoms with Gasteiger partial charge in [-0.05, 0) is 36.8 Å². The van der Waals surface area contributed by atoms with Gasteiger partial charge in [-0.1, -0.05) is 19.9 Å². The average Bonchev–Trinajstić information content (AvgIpc) is 2.68. The number of nitrogens with zero attached hydrogens (tertiary/aromatic N) is 1. The quantitative estimate of drug-likeness (QED) is 0.800. The van der Waals surface area contributed by atoms with Gasteiger partial charge < -0.3 is 14.8 Å². The molecule has 0 aromatic heterocycles. The topological polar surface area (TPSA) is 84.9 Å². The fourth-order valence-electron chi connectivity index (χ4n) is 3.04. The van der Waals surface area contributed by atoms with Crippen LogP contribution in [-0.4, -0.2) is 44.9 Å². The van der Waals surface area contributed by atoms with E-state index in [0.717, 1.165) is 0 Å². The van der Waals surface area contributed by atoms with Crippen LogP contribution in [0.15, 0.2) is 41.3 Å². The minimum Gasteiger partial charge on any atom is -0.486 e. The zero-order valence-corrected chi connectivity index (χ0v) is 17.0. The maximum Gasteiger partial charge on any atom is 0.255 e. The molecule has 0 spiro atoms. The lowest BCUT2D eigenvalue weighted by Crippen LogP contribution is -2.30. The first-order valence-electron chi connectivity index (χ1n) is 9.18. The minimum absolute atomic E-state index is 0.106. The van der Waals surface area contributed by atoms with E-state index >= 15 is 0 Å². The van der Waals surface area contributed by atoms with Crippen LogP contribution in [0.3, 0.4) is 0 Å². The number of aryl methyl sites for hydroxylation is 1. The van der Waals surface area contributed by atoms with Crippen molar-refractivity contribution < 1.29 is 22.7 Å². The van der Waals surface area contributed by atoms with Crippen LogP contribution in [0.1, 0.15) is 29.8 Å². The molecule has 0 bridgehead atoms. The first-order chi connectivity index (χ1) is 13.4. The summed E-state index contributed by atoms with van der Waals surface area (Å²) in [6.07, 6.45) is 0. The van der Waals surface area contributed by atoms with E-state index < -0.39 is 10.0 Å². The Morgan fingerprint density at radius 1 is 1.04 bits per heavy atom. The van der Waals surface area contributed by atoms with Crippen LogP contribution < -0.4 is 14.8 Å². The summed E-state index contributed by atoms with van der Waals surface area (Å²) in [5.41, 5.74) is 1.54. The highest BCUT2D eigenvalue weighted by atomic mass is 32.2. The van der Waals surface area contributed by atoms with Crippen molar-refractivity contribution in [3.63, 3.8) is 0 Å². The molecule has 1 N–H and O–H groups in total. The van der Waals surface area contributed by atoms with Gasteiger partial charge in [-0.15, -0.1) is 0 Å². The summed E-state index contributed by atoms with van der Waals surface area (Å²) in [5.74, 6) is 0.817. The predicted octanol–water partition coefficient (Wildman–Crippen LogP) is 3.05. The first-order valence-corrected chi connectivity index (χ1v) is 10.6. The van der Waals surface area contributed by atoms with Gasteiger partial charge in [-0.3, -0.25) is 4.79 Å². The summed E-state index contributed by atoms with van der Waals surface area (Å²) < 4.78 is 37.9. The second-order valence-electron chi connectivity index (χ2n) is 6.38. The molecule has 28 heavy (non-hydrogen) atoms. The fraction of sp³-hybridized carbons (Fsp3) is 0.350. The summed E-state index contributed by atoms with van der Waals surface area (Å²) in [7, 11) is -3.64. The van der Waals surface area contributed by atoms with Crippen molar-refractivity contribution in [2.24, 2.45) is 0 Å². The highest BCUT2D eigenvalue weighted by Crippen LogP contribution is 2.33. The predicted molar refractivity (Wildman–Crippen MR) is 107 cm³/mol. The molecule has 0 saturated heterocycles. The Morgan fingerprint density at radius 2 is 1.71 bits per heavy atom. The molecule has 0 atom stereocenters. The lowest BCUT2D eigenvalue weighted by molar-refractivity contribution is 0.102. The van der Waals surface area contributed by atoms with Gasteiger partial charge >= 0.3 is 0 Å². The molecular formula is C20H24N2O5S. The lowest BCUT2D eigenvalue weighted by Gasteiger charge is -2.20. The van der Waals surface area contributed by atoms with E-state index in [1.807, 2.05) is 0 Å². The summed E-state index contributed by atoms with van der Waals surface area (Å²) in [6, 6.07) is 9.75. The molecule has 1 amide bonds. The Balaban J connectivity index is 1.88. The zero-order chi connectivity index (χ0) is 20.3. The van der Waals surface area contributed by atoms with E-state index in [2.05, 4.69) is 5.32 Å². The number of ether oxygens (including phenoxy) is 2. The molecule has 0 unspecified atom stereocenters. The fourth-order valence-corrected chi connectivity index (χ4v) is 4.52. The molecule has 150 valence electrons. The SMILES string of the molecule is CCN(CC)S(=O)(=O)c1ccc(C)c(C(=O)Nc2ccc3c(c2)OCCO3)c1. The van der Waals surface area contributed by atoms with Gasteiger partial charge in [0.15, 0.2) is 11.5 Å². The first kappa shape index (κ1) is 20.2. The van der Waals surface area contributed by atoms with Crippen molar-refractivity contribution in [2.75, 3.05) is 31.6 Å². The number of anilines is 1.